The highest BCUT2D eigenvalue weighted by Gasteiger charge is 2.15. The summed E-state index contributed by atoms with van der Waals surface area (Å²) in [5, 5.41) is 0. The molecule has 0 aliphatic heterocycles. The lowest BCUT2D eigenvalue weighted by Gasteiger charge is -2.19. The van der Waals surface area contributed by atoms with Crippen molar-refractivity contribution in [2.24, 2.45) is 0 Å². The van der Waals surface area contributed by atoms with Crippen molar-refractivity contribution in [1.29, 1.82) is 0 Å². The number of anilines is 1. The van der Waals surface area contributed by atoms with Gasteiger partial charge < -0.3 is 5.73 Å². The highest BCUT2D eigenvalue weighted by atomic mass is 14.9. The Morgan fingerprint density at radius 2 is 1.53 bits per heavy atom. The number of nitrogens with zero attached hydrogens (tertiary/aromatic N) is 2. The number of nitrogens with two attached hydrogens (primary N) is 1. The SMILES string of the molecule is Cc1nc(C)c(-c2ccc(C(C)(C)C)cc2)c(N)n1. The molecule has 0 spiro atoms. The van der Waals surface area contributed by atoms with E-state index < -0.39 is 0 Å². The molecule has 0 saturated carbocycles. The van der Waals surface area contributed by atoms with Gasteiger partial charge in [-0.1, -0.05) is 45.0 Å². The molecule has 2 rings (SSSR count). The van der Waals surface area contributed by atoms with Crippen LogP contribution in [-0.2, 0) is 5.41 Å². The van der Waals surface area contributed by atoms with E-state index in [1.165, 1.54) is 5.56 Å². The normalized spacial score (nSPS) is 11.6. The van der Waals surface area contributed by atoms with Gasteiger partial charge in [0, 0.05) is 5.56 Å². The minimum atomic E-state index is 0.156. The molecule has 1 aromatic heterocycles. The molecule has 1 heterocycles. The van der Waals surface area contributed by atoms with Crippen molar-refractivity contribution in [3.05, 3.63) is 41.3 Å². The zero-order valence-corrected chi connectivity index (χ0v) is 12.3. The first-order valence-corrected chi connectivity index (χ1v) is 6.50. The molecular formula is C16H21N3. The maximum absolute atomic E-state index is 6.03. The van der Waals surface area contributed by atoms with E-state index in [1.807, 2.05) is 13.8 Å². The third-order valence-electron chi connectivity index (χ3n) is 3.27. The molecule has 0 aliphatic rings. The van der Waals surface area contributed by atoms with Crippen molar-refractivity contribution in [2.45, 2.75) is 40.0 Å². The molecule has 0 aliphatic carbocycles. The summed E-state index contributed by atoms with van der Waals surface area (Å²) in [6, 6.07) is 8.48. The van der Waals surface area contributed by atoms with Gasteiger partial charge in [-0.2, -0.15) is 0 Å². The number of aromatic nitrogens is 2. The van der Waals surface area contributed by atoms with Gasteiger partial charge in [0.1, 0.15) is 11.6 Å². The smallest absolute Gasteiger partial charge is 0.135 e. The molecule has 0 radical (unpaired) electrons. The predicted molar refractivity (Wildman–Crippen MR) is 80.1 cm³/mol. The molecule has 19 heavy (non-hydrogen) atoms. The van der Waals surface area contributed by atoms with Crippen LogP contribution in [0.1, 0.15) is 37.9 Å². The van der Waals surface area contributed by atoms with Crippen LogP contribution >= 0.6 is 0 Å². The predicted octanol–water partition coefficient (Wildman–Crippen LogP) is 3.64. The highest BCUT2D eigenvalue weighted by Crippen LogP contribution is 2.30. The summed E-state index contributed by atoms with van der Waals surface area (Å²) >= 11 is 0. The number of aryl methyl sites for hydroxylation is 2. The minimum Gasteiger partial charge on any atom is -0.383 e. The van der Waals surface area contributed by atoms with E-state index in [-0.39, 0.29) is 5.41 Å². The number of nitrogen functional groups attached to an aromatic ring is 1. The highest BCUT2D eigenvalue weighted by molar-refractivity contribution is 5.75. The van der Waals surface area contributed by atoms with Crippen LogP contribution in [0.5, 0.6) is 0 Å². The Morgan fingerprint density at radius 3 is 2.00 bits per heavy atom. The lowest BCUT2D eigenvalue weighted by Crippen LogP contribution is -2.10. The molecule has 3 heteroatoms. The molecule has 0 amide bonds. The van der Waals surface area contributed by atoms with Crippen LogP contribution in [0.15, 0.2) is 24.3 Å². The first-order valence-electron chi connectivity index (χ1n) is 6.50. The lowest BCUT2D eigenvalue weighted by atomic mass is 9.86. The zero-order valence-electron chi connectivity index (χ0n) is 12.3. The standard InChI is InChI=1S/C16H21N3/c1-10-14(15(17)19-11(2)18-10)12-6-8-13(9-7-12)16(3,4)5/h6-9H,1-5H3,(H2,17,18,19). The number of hydrogen-bond acceptors (Lipinski definition) is 3. The van der Waals surface area contributed by atoms with E-state index in [0.29, 0.717) is 11.6 Å². The molecule has 0 saturated heterocycles. The molecule has 2 aromatic rings. The molecule has 0 unspecified atom stereocenters. The van der Waals surface area contributed by atoms with Crippen molar-refractivity contribution in [2.75, 3.05) is 5.73 Å². The molecule has 0 atom stereocenters. The van der Waals surface area contributed by atoms with E-state index in [9.17, 15) is 0 Å². The van der Waals surface area contributed by atoms with E-state index in [2.05, 4.69) is 55.0 Å². The van der Waals surface area contributed by atoms with Crippen molar-refractivity contribution in [1.82, 2.24) is 9.97 Å². The molecule has 2 N–H and O–H groups in total. The van der Waals surface area contributed by atoms with Gasteiger partial charge in [-0.25, -0.2) is 9.97 Å². The van der Waals surface area contributed by atoms with E-state index >= 15 is 0 Å². The Hall–Kier alpha value is -1.90. The average molecular weight is 255 g/mol. The molecular weight excluding hydrogens is 234 g/mol. The van der Waals surface area contributed by atoms with Crippen LogP contribution in [0.4, 0.5) is 5.82 Å². The van der Waals surface area contributed by atoms with Gasteiger partial charge in [-0.3, -0.25) is 0 Å². The van der Waals surface area contributed by atoms with Crippen LogP contribution < -0.4 is 5.73 Å². The largest absolute Gasteiger partial charge is 0.383 e. The summed E-state index contributed by atoms with van der Waals surface area (Å²) in [5.41, 5.74) is 10.4. The minimum absolute atomic E-state index is 0.156. The van der Waals surface area contributed by atoms with Gasteiger partial charge in [0.15, 0.2) is 0 Å². The fourth-order valence-electron chi connectivity index (χ4n) is 2.23. The first kappa shape index (κ1) is 13.5. The second-order valence-corrected chi connectivity index (χ2v) is 5.94. The van der Waals surface area contributed by atoms with Crippen molar-refractivity contribution >= 4 is 5.82 Å². The Labute approximate surface area is 114 Å². The lowest BCUT2D eigenvalue weighted by molar-refractivity contribution is 0.590. The van der Waals surface area contributed by atoms with Crippen LogP contribution in [-0.4, -0.2) is 9.97 Å². The quantitative estimate of drug-likeness (QED) is 0.846. The zero-order chi connectivity index (χ0) is 14.2. The molecule has 0 bridgehead atoms. The maximum atomic E-state index is 6.03. The Morgan fingerprint density at radius 1 is 0.947 bits per heavy atom. The first-order chi connectivity index (χ1) is 8.79. The van der Waals surface area contributed by atoms with Gasteiger partial charge >= 0.3 is 0 Å². The maximum Gasteiger partial charge on any atom is 0.135 e. The summed E-state index contributed by atoms with van der Waals surface area (Å²) in [5.74, 6) is 1.26. The van der Waals surface area contributed by atoms with Gasteiger partial charge in [-0.15, -0.1) is 0 Å². The third-order valence-corrected chi connectivity index (χ3v) is 3.27. The fraction of sp³-hybridized carbons (Fsp3) is 0.375. The fourth-order valence-corrected chi connectivity index (χ4v) is 2.23. The van der Waals surface area contributed by atoms with E-state index in [4.69, 9.17) is 5.73 Å². The third kappa shape index (κ3) is 2.75. The second-order valence-electron chi connectivity index (χ2n) is 5.94. The summed E-state index contributed by atoms with van der Waals surface area (Å²) in [6.45, 7) is 10.4. The van der Waals surface area contributed by atoms with Gasteiger partial charge in [0.2, 0.25) is 0 Å². The molecule has 100 valence electrons. The van der Waals surface area contributed by atoms with Crippen molar-refractivity contribution < 1.29 is 0 Å². The molecule has 3 nitrogen and oxygen atoms in total. The van der Waals surface area contributed by atoms with Crippen LogP contribution in [0, 0.1) is 13.8 Å². The van der Waals surface area contributed by atoms with E-state index in [0.717, 1.165) is 16.8 Å². The Bertz CT molecular complexity index is 569. The van der Waals surface area contributed by atoms with Crippen LogP contribution in [0.25, 0.3) is 11.1 Å². The average Bonchev–Trinajstić information content (AvgIpc) is 2.27. The summed E-state index contributed by atoms with van der Waals surface area (Å²) < 4.78 is 0. The second kappa shape index (κ2) is 4.65. The van der Waals surface area contributed by atoms with Crippen LogP contribution in [0.2, 0.25) is 0 Å². The molecule has 1 aromatic carbocycles. The number of rotatable bonds is 1. The van der Waals surface area contributed by atoms with Crippen molar-refractivity contribution in [3.63, 3.8) is 0 Å². The topological polar surface area (TPSA) is 51.8 Å². The van der Waals surface area contributed by atoms with Gasteiger partial charge in [0.05, 0.1) is 5.69 Å². The van der Waals surface area contributed by atoms with Gasteiger partial charge in [-0.05, 0) is 30.4 Å². The summed E-state index contributed by atoms with van der Waals surface area (Å²) in [7, 11) is 0. The number of hydrogen-bond donors (Lipinski definition) is 1. The monoisotopic (exact) mass is 255 g/mol. The number of benzene rings is 1. The van der Waals surface area contributed by atoms with Gasteiger partial charge in [0.25, 0.3) is 0 Å². The molecule has 0 fully saturated rings. The van der Waals surface area contributed by atoms with Crippen molar-refractivity contribution in [3.8, 4) is 11.1 Å². The summed E-state index contributed by atoms with van der Waals surface area (Å²) in [4.78, 5) is 8.64. The van der Waals surface area contributed by atoms with Crippen LogP contribution in [0.3, 0.4) is 0 Å². The summed E-state index contributed by atoms with van der Waals surface area (Å²) in [6.07, 6.45) is 0. The van der Waals surface area contributed by atoms with E-state index in [1.54, 1.807) is 0 Å². The Balaban J connectivity index is 2.49. The Kier molecular flexibility index (Phi) is 3.31.